The predicted molar refractivity (Wildman–Crippen MR) is 81.1 cm³/mol. The minimum Gasteiger partial charge on any atom is -0.355 e. The molecule has 0 saturated carbocycles. The van der Waals surface area contributed by atoms with Gasteiger partial charge in [-0.2, -0.15) is 0 Å². The van der Waals surface area contributed by atoms with E-state index in [1.807, 2.05) is 0 Å². The molecule has 0 atom stereocenters. The highest BCUT2D eigenvalue weighted by molar-refractivity contribution is 14.1. The summed E-state index contributed by atoms with van der Waals surface area (Å²) in [4.78, 5) is 22.9. The van der Waals surface area contributed by atoms with Crippen molar-refractivity contribution in [3.63, 3.8) is 0 Å². The Kier molecular flexibility index (Phi) is 4.60. The average Bonchev–Trinajstić information content (AvgIpc) is 2.33. The lowest BCUT2D eigenvalue weighted by Gasteiger charge is -2.34. The van der Waals surface area contributed by atoms with Crippen LogP contribution in [0.1, 0.15) is 12.8 Å². The first-order valence-corrected chi connectivity index (χ1v) is 7.28. The first-order chi connectivity index (χ1) is 8.58. The number of anilines is 1. The van der Waals surface area contributed by atoms with E-state index in [4.69, 9.17) is 0 Å². The van der Waals surface area contributed by atoms with Gasteiger partial charge in [0.05, 0.1) is 6.33 Å². The molecule has 0 amide bonds. The van der Waals surface area contributed by atoms with Crippen LogP contribution in [0.2, 0.25) is 0 Å². The van der Waals surface area contributed by atoms with E-state index in [0.717, 1.165) is 31.4 Å². The van der Waals surface area contributed by atoms with Crippen molar-refractivity contribution in [3.05, 3.63) is 20.3 Å². The number of aromatic nitrogens is 2. The standard InChI is InChI=1S/C12H19IN4O/c1-16(2)7-9-3-5-17(6-4-9)11-10(13)12(18)15-8-14-11/h8-9H,3-7H2,1-2H3,(H,14,15,18). The van der Waals surface area contributed by atoms with Crippen molar-refractivity contribution in [1.29, 1.82) is 0 Å². The lowest BCUT2D eigenvalue weighted by Crippen LogP contribution is -2.38. The van der Waals surface area contributed by atoms with Crippen LogP contribution >= 0.6 is 22.6 Å². The number of hydrogen-bond donors (Lipinski definition) is 1. The first-order valence-electron chi connectivity index (χ1n) is 6.21. The smallest absolute Gasteiger partial charge is 0.266 e. The number of rotatable bonds is 3. The van der Waals surface area contributed by atoms with Crippen LogP contribution in [0.3, 0.4) is 0 Å². The second-order valence-electron chi connectivity index (χ2n) is 5.06. The molecule has 0 bridgehead atoms. The molecule has 2 rings (SSSR count). The van der Waals surface area contributed by atoms with Gasteiger partial charge >= 0.3 is 0 Å². The van der Waals surface area contributed by atoms with E-state index in [1.54, 1.807) is 0 Å². The molecule has 1 aliphatic rings. The molecule has 0 spiro atoms. The molecule has 1 aromatic rings. The maximum Gasteiger partial charge on any atom is 0.266 e. The van der Waals surface area contributed by atoms with Crippen LogP contribution in [-0.2, 0) is 0 Å². The third-order valence-electron chi connectivity index (χ3n) is 3.32. The maximum absolute atomic E-state index is 11.6. The first kappa shape index (κ1) is 13.8. The normalized spacial score (nSPS) is 17.4. The van der Waals surface area contributed by atoms with Gasteiger partial charge < -0.3 is 14.8 Å². The molecule has 1 fully saturated rings. The van der Waals surface area contributed by atoms with Crippen LogP contribution in [0.15, 0.2) is 11.1 Å². The Balaban J connectivity index is 2.01. The van der Waals surface area contributed by atoms with Gasteiger partial charge in [0.25, 0.3) is 5.56 Å². The van der Waals surface area contributed by atoms with Gasteiger partial charge in [-0.1, -0.05) is 0 Å². The van der Waals surface area contributed by atoms with Crippen LogP contribution in [0.5, 0.6) is 0 Å². The summed E-state index contributed by atoms with van der Waals surface area (Å²) in [6.07, 6.45) is 3.83. The summed E-state index contributed by atoms with van der Waals surface area (Å²) in [6.45, 7) is 3.13. The number of nitrogens with zero attached hydrogens (tertiary/aromatic N) is 3. The lowest BCUT2D eigenvalue weighted by molar-refractivity contribution is 0.284. The minimum absolute atomic E-state index is 0.0454. The van der Waals surface area contributed by atoms with Gasteiger partial charge in [0.1, 0.15) is 9.39 Å². The lowest BCUT2D eigenvalue weighted by atomic mass is 9.96. The Morgan fingerprint density at radius 3 is 2.78 bits per heavy atom. The number of hydrogen-bond acceptors (Lipinski definition) is 4. The molecular weight excluding hydrogens is 343 g/mol. The maximum atomic E-state index is 11.6. The molecule has 5 nitrogen and oxygen atoms in total. The molecular formula is C12H19IN4O. The zero-order chi connectivity index (χ0) is 13.1. The molecule has 6 heteroatoms. The minimum atomic E-state index is -0.0454. The second kappa shape index (κ2) is 6.01. The van der Waals surface area contributed by atoms with E-state index in [2.05, 4.69) is 56.5 Å². The number of nitrogens with one attached hydrogen (secondary N) is 1. The number of aromatic amines is 1. The molecule has 18 heavy (non-hydrogen) atoms. The number of piperidine rings is 1. The van der Waals surface area contributed by atoms with E-state index in [9.17, 15) is 4.79 Å². The number of halogens is 1. The fourth-order valence-electron chi connectivity index (χ4n) is 2.44. The van der Waals surface area contributed by atoms with Gasteiger partial charge in [-0.3, -0.25) is 4.79 Å². The van der Waals surface area contributed by atoms with E-state index < -0.39 is 0 Å². The van der Waals surface area contributed by atoms with Crippen molar-refractivity contribution in [3.8, 4) is 0 Å². The summed E-state index contributed by atoms with van der Waals surface area (Å²) in [7, 11) is 4.24. The van der Waals surface area contributed by atoms with Crippen molar-refractivity contribution in [2.45, 2.75) is 12.8 Å². The summed E-state index contributed by atoms with van der Waals surface area (Å²) in [5.74, 6) is 1.60. The van der Waals surface area contributed by atoms with Gasteiger partial charge in [-0.25, -0.2) is 4.98 Å². The van der Waals surface area contributed by atoms with Crippen LogP contribution in [-0.4, -0.2) is 48.6 Å². The molecule has 1 aromatic heterocycles. The average molecular weight is 362 g/mol. The largest absolute Gasteiger partial charge is 0.355 e. The Bertz CT molecular complexity index is 452. The molecule has 100 valence electrons. The molecule has 1 saturated heterocycles. The summed E-state index contributed by atoms with van der Waals surface area (Å²) in [6, 6.07) is 0. The van der Waals surface area contributed by atoms with Crippen LogP contribution in [0.25, 0.3) is 0 Å². The predicted octanol–water partition coefficient (Wildman–Crippen LogP) is 1.15. The van der Waals surface area contributed by atoms with Crippen molar-refractivity contribution in [1.82, 2.24) is 14.9 Å². The van der Waals surface area contributed by atoms with Crippen molar-refractivity contribution < 1.29 is 0 Å². The second-order valence-corrected chi connectivity index (χ2v) is 6.14. The Morgan fingerprint density at radius 1 is 1.50 bits per heavy atom. The molecule has 2 heterocycles. The van der Waals surface area contributed by atoms with Gasteiger partial charge in [-0.15, -0.1) is 0 Å². The fourth-order valence-corrected chi connectivity index (χ4v) is 3.07. The van der Waals surface area contributed by atoms with Crippen LogP contribution < -0.4 is 10.5 Å². The van der Waals surface area contributed by atoms with Gasteiger partial charge in [-0.05, 0) is 55.4 Å². The van der Waals surface area contributed by atoms with E-state index in [1.165, 1.54) is 19.2 Å². The topological polar surface area (TPSA) is 52.2 Å². The zero-order valence-corrected chi connectivity index (χ0v) is 13.0. The Hall–Kier alpha value is -0.630. The van der Waals surface area contributed by atoms with Crippen LogP contribution in [0.4, 0.5) is 5.82 Å². The molecule has 1 aliphatic heterocycles. The summed E-state index contributed by atoms with van der Waals surface area (Å²) >= 11 is 2.08. The van der Waals surface area contributed by atoms with Gasteiger partial charge in [0.15, 0.2) is 0 Å². The van der Waals surface area contributed by atoms with Crippen molar-refractivity contribution >= 4 is 28.4 Å². The summed E-state index contributed by atoms with van der Waals surface area (Å²) in [5.41, 5.74) is -0.0454. The third-order valence-corrected chi connectivity index (χ3v) is 4.29. The zero-order valence-electron chi connectivity index (χ0n) is 10.8. The van der Waals surface area contributed by atoms with E-state index in [0.29, 0.717) is 3.57 Å². The highest BCUT2D eigenvalue weighted by atomic mass is 127. The Morgan fingerprint density at radius 2 is 2.17 bits per heavy atom. The van der Waals surface area contributed by atoms with Gasteiger partial charge in [0, 0.05) is 19.6 Å². The van der Waals surface area contributed by atoms with Crippen molar-refractivity contribution in [2.24, 2.45) is 5.92 Å². The molecule has 0 aliphatic carbocycles. The molecule has 0 unspecified atom stereocenters. The highest BCUT2D eigenvalue weighted by Crippen LogP contribution is 2.23. The Labute approximate surface area is 121 Å². The third kappa shape index (κ3) is 3.23. The summed E-state index contributed by atoms with van der Waals surface area (Å²) < 4.78 is 0.696. The quantitative estimate of drug-likeness (QED) is 0.820. The monoisotopic (exact) mass is 362 g/mol. The van der Waals surface area contributed by atoms with E-state index >= 15 is 0 Å². The highest BCUT2D eigenvalue weighted by Gasteiger charge is 2.22. The SMILES string of the molecule is CN(C)CC1CCN(c2nc[nH]c(=O)c2I)CC1. The molecule has 0 aromatic carbocycles. The fraction of sp³-hybridized carbons (Fsp3) is 0.667. The van der Waals surface area contributed by atoms with Gasteiger partial charge in [0.2, 0.25) is 0 Å². The number of H-pyrrole nitrogens is 1. The molecule has 0 radical (unpaired) electrons. The summed E-state index contributed by atoms with van der Waals surface area (Å²) in [5, 5.41) is 0. The van der Waals surface area contributed by atoms with Crippen LogP contribution in [0, 0.1) is 9.49 Å². The van der Waals surface area contributed by atoms with E-state index in [-0.39, 0.29) is 5.56 Å². The molecule has 1 N–H and O–H groups in total. The van der Waals surface area contributed by atoms with Crippen molar-refractivity contribution in [2.75, 3.05) is 38.6 Å².